The molecule has 30 heavy (non-hydrogen) atoms. The van der Waals surface area contributed by atoms with Crippen molar-refractivity contribution >= 4 is 39.0 Å². The molecule has 7 nitrogen and oxygen atoms in total. The Morgan fingerprint density at radius 2 is 1.87 bits per heavy atom. The van der Waals surface area contributed by atoms with E-state index in [9.17, 15) is 18.0 Å². The quantitative estimate of drug-likeness (QED) is 0.709. The number of hydrogen-bond donors (Lipinski definition) is 1. The average Bonchev–Trinajstić information content (AvgIpc) is 2.74. The van der Waals surface area contributed by atoms with Crippen molar-refractivity contribution in [2.24, 2.45) is 5.92 Å². The fourth-order valence-corrected chi connectivity index (χ4v) is 5.05. The second-order valence-electron chi connectivity index (χ2n) is 7.06. The van der Waals surface area contributed by atoms with E-state index in [1.807, 2.05) is 6.07 Å². The van der Waals surface area contributed by atoms with Crippen LogP contribution in [0.2, 0.25) is 5.02 Å². The van der Waals surface area contributed by atoms with Crippen molar-refractivity contribution in [3.8, 4) is 6.07 Å². The average molecular weight is 446 g/mol. The molecule has 1 aliphatic rings. The van der Waals surface area contributed by atoms with Crippen LogP contribution in [0.3, 0.4) is 0 Å². The number of benzene rings is 2. The summed E-state index contributed by atoms with van der Waals surface area (Å²) in [4.78, 5) is 24.2. The van der Waals surface area contributed by atoms with E-state index in [4.69, 9.17) is 16.9 Å². The predicted molar refractivity (Wildman–Crippen MR) is 113 cm³/mol. The number of piperidine rings is 1. The van der Waals surface area contributed by atoms with E-state index < -0.39 is 10.0 Å². The summed E-state index contributed by atoms with van der Waals surface area (Å²) in [6, 6.07) is 12.6. The highest BCUT2D eigenvalue weighted by Gasteiger charge is 2.32. The van der Waals surface area contributed by atoms with Gasteiger partial charge in [0.25, 0.3) is 0 Å². The van der Waals surface area contributed by atoms with Gasteiger partial charge in [-0.25, -0.2) is 8.42 Å². The molecule has 1 saturated heterocycles. The van der Waals surface area contributed by atoms with Crippen LogP contribution in [0.25, 0.3) is 0 Å². The van der Waals surface area contributed by atoms with Crippen molar-refractivity contribution in [1.29, 1.82) is 5.26 Å². The maximum atomic E-state index is 12.9. The molecule has 9 heteroatoms. The molecule has 1 N–H and O–H groups in total. The van der Waals surface area contributed by atoms with Crippen molar-refractivity contribution in [1.82, 2.24) is 4.31 Å². The van der Waals surface area contributed by atoms with Crippen LogP contribution >= 0.6 is 11.6 Å². The lowest BCUT2D eigenvalue weighted by Gasteiger charge is -2.30. The number of nitrogens with zero attached hydrogens (tertiary/aromatic N) is 2. The summed E-state index contributed by atoms with van der Waals surface area (Å²) >= 11 is 5.99. The lowest BCUT2D eigenvalue weighted by atomic mass is 9.97. The standard InChI is InChI=1S/C21H20ClN3O4S/c1-14(26)16-3-2-4-19(11-16)30(28,29)25-9-7-15(8-10-25)21(27)24-18-6-5-17(13-23)20(22)12-18/h2-6,11-12,15H,7-10H2,1H3,(H,24,27). The number of Topliss-reactive ketones (excluding diaryl/α,β-unsaturated/α-hetero) is 1. The Kier molecular flexibility index (Phi) is 6.56. The zero-order valence-corrected chi connectivity index (χ0v) is 17.8. The maximum absolute atomic E-state index is 12.9. The van der Waals surface area contributed by atoms with Crippen LogP contribution in [0.5, 0.6) is 0 Å². The van der Waals surface area contributed by atoms with Crippen LogP contribution in [0.1, 0.15) is 35.7 Å². The largest absolute Gasteiger partial charge is 0.326 e. The van der Waals surface area contributed by atoms with E-state index in [0.717, 1.165) is 0 Å². The topological polar surface area (TPSA) is 107 Å². The number of anilines is 1. The molecule has 0 radical (unpaired) electrons. The van der Waals surface area contributed by atoms with Crippen LogP contribution in [-0.4, -0.2) is 37.5 Å². The summed E-state index contributed by atoms with van der Waals surface area (Å²) in [5.74, 6) is -0.758. The molecular weight excluding hydrogens is 426 g/mol. The highest BCUT2D eigenvalue weighted by Crippen LogP contribution is 2.26. The Hall–Kier alpha value is -2.73. The third kappa shape index (κ3) is 4.70. The molecule has 156 valence electrons. The van der Waals surface area contributed by atoms with E-state index in [2.05, 4.69) is 5.32 Å². The number of halogens is 1. The molecule has 1 aliphatic heterocycles. The van der Waals surface area contributed by atoms with Gasteiger partial charge in [0.15, 0.2) is 5.78 Å². The number of carbonyl (C=O) groups is 2. The molecule has 0 atom stereocenters. The normalized spacial score (nSPS) is 15.4. The molecule has 1 fully saturated rings. The van der Waals surface area contributed by atoms with Gasteiger partial charge in [-0.3, -0.25) is 9.59 Å². The molecule has 0 unspecified atom stereocenters. The first-order valence-electron chi connectivity index (χ1n) is 9.34. The van der Waals surface area contributed by atoms with E-state index in [1.54, 1.807) is 18.2 Å². The third-order valence-corrected chi connectivity index (χ3v) is 7.27. The van der Waals surface area contributed by atoms with Gasteiger partial charge in [-0.15, -0.1) is 0 Å². The van der Waals surface area contributed by atoms with E-state index in [0.29, 0.717) is 29.7 Å². The van der Waals surface area contributed by atoms with E-state index >= 15 is 0 Å². The summed E-state index contributed by atoms with van der Waals surface area (Å²) in [7, 11) is -3.74. The molecule has 1 heterocycles. The number of rotatable bonds is 5. The number of nitrogens with one attached hydrogen (secondary N) is 1. The van der Waals surface area contributed by atoms with Gasteiger partial charge in [-0.05, 0) is 50.1 Å². The minimum absolute atomic E-state index is 0.0744. The summed E-state index contributed by atoms with van der Waals surface area (Å²) < 4.78 is 27.1. The molecule has 0 aromatic heterocycles. The lowest BCUT2D eigenvalue weighted by Crippen LogP contribution is -2.41. The van der Waals surface area contributed by atoms with Gasteiger partial charge >= 0.3 is 0 Å². The number of hydrogen-bond acceptors (Lipinski definition) is 5. The highest BCUT2D eigenvalue weighted by molar-refractivity contribution is 7.89. The van der Waals surface area contributed by atoms with Gasteiger partial charge in [-0.1, -0.05) is 23.7 Å². The molecule has 0 aliphatic carbocycles. The zero-order chi connectivity index (χ0) is 21.9. The Labute approximate surface area is 180 Å². The van der Waals surface area contributed by atoms with Crippen molar-refractivity contribution in [3.05, 3.63) is 58.6 Å². The molecule has 1 amide bonds. The van der Waals surface area contributed by atoms with Crippen molar-refractivity contribution in [2.45, 2.75) is 24.7 Å². The first kappa shape index (κ1) is 22.0. The highest BCUT2D eigenvalue weighted by atomic mass is 35.5. The second-order valence-corrected chi connectivity index (χ2v) is 9.40. The van der Waals surface area contributed by atoms with Gasteiger partial charge in [-0.2, -0.15) is 9.57 Å². The van der Waals surface area contributed by atoms with Gasteiger partial charge < -0.3 is 5.32 Å². The van der Waals surface area contributed by atoms with Crippen LogP contribution in [0.15, 0.2) is 47.4 Å². The zero-order valence-electron chi connectivity index (χ0n) is 16.3. The smallest absolute Gasteiger partial charge is 0.243 e. The Balaban J connectivity index is 1.64. The molecule has 2 aromatic carbocycles. The number of carbonyl (C=O) groups excluding carboxylic acids is 2. The fraction of sp³-hybridized carbons (Fsp3) is 0.286. The van der Waals surface area contributed by atoms with Gasteiger partial charge in [0, 0.05) is 30.3 Å². The molecule has 0 saturated carbocycles. The predicted octanol–water partition coefficient (Wildman–Crippen LogP) is 3.45. The number of ketones is 1. The summed E-state index contributed by atoms with van der Waals surface area (Å²) in [6.45, 7) is 1.80. The fourth-order valence-electron chi connectivity index (χ4n) is 3.31. The second kappa shape index (κ2) is 8.96. The first-order valence-corrected chi connectivity index (χ1v) is 11.2. The molecule has 3 rings (SSSR count). The van der Waals surface area contributed by atoms with Crippen LogP contribution in [0.4, 0.5) is 5.69 Å². The Morgan fingerprint density at radius 3 is 2.47 bits per heavy atom. The molecule has 0 spiro atoms. The van der Waals surface area contributed by atoms with E-state index in [1.165, 1.54) is 35.5 Å². The van der Waals surface area contributed by atoms with Crippen molar-refractivity contribution in [3.63, 3.8) is 0 Å². The molecular formula is C21H20ClN3O4S. The SMILES string of the molecule is CC(=O)c1cccc(S(=O)(=O)N2CCC(C(=O)Nc3ccc(C#N)c(Cl)c3)CC2)c1. The maximum Gasteiger partial charge on any atom is 0.243 e. The van der Waals surface area contributed by atoms with Crippen molar-refractivity contribution in [2.75, 3.05) is 18.4 Å². The Bertz CT molecular complexity index is 1130. The van der Waals surface area contributed by atoms with Gasteiger partial charge in [0.2, 0.25) is 15.9 Å². The van der Waals surface area contributed by atoms with Crippen LogP contribution in [-0.2, 0) is 14.8 Å². The number of nitriles is 1. The monoisotopic (exact) mass is 445 g/mol. The van der Waals surface area contributed by atoms with Gasteiger partial charge in [0.05, 0.1) is 15.5 Å². The van der Waals surface area contributed by atoms with Crippen LogP contribution in [0, 0.1) is 17.2 Å². The van der Waals surface area contributed by atoms with Crippen molar-refractivity contribution < 1.29 is 18.0 Å². The summed E-state index contributed by atoms with van der Waals surface area (Å²) in [5, 5.41) is 11.9. The van der Waals surface area contributed by atoms with Gasteiger partial charge in [0.1, 0.15) is 6.07 Å². The number of amides is 1. The summed E-state index contributed by atoms with van der Waals surface area (Å²) in [5.41, 5.74) is 1.15. The van der Waals surface area contributed by atoms with E-state index in [-0.39, 0.29) is 40.6 Å². The molecule has 0 bridgehead atoms. The third-order valence-electron chi connectivity index (χ3n) is 5.06. The lowest BCUT2D eigenvalue weighted by molar-refractivity contribution is -0.120. The first-order chi connectivity index (χ1) is 14.2. The van der Waals surface area contributed by atoms with Crippen LogP contribution < -0.4 is 5.32 Å². The summed E-state index contributed by atoms with van der Waals surface area (Å²) in [6.07, 6.45) is 0.753. The minimum Gasteiger partial charge on any atom is -0.326 e. The Morgan fingerprint density at radius 1 is 1.17 bits per heavy atom. The molecule has 2 aromatic rings. The number of sulfonamides is 1. The minimum atomic E-state index is -3.74.